The number of aromatic nitrogens is 4. The molecule has 0 aromatic carbocycles. The Kier molecular flexibility index (Phi) is 4.20. The molecule has 110 valence electrons. The molecule has 0 atom stereocenters. The van der Waals surface area contributed by atoms with E-state index in [0.29, 0.717) is 12.5 Å². The van der Waals surface area contributed by atoms with Crippen LogP contribution in [0.1, 0.15) is 5.56 Å². The topological polar surface area (TPSA) is 70.1 Å². The number of anilines is 2. The molecule has 1 aliphatic rings. The first-order chi connectivity index (χ1) is 10.3. The van der Waals surface area contributed by atoms with Crippen molar-refractivity contribution in [3.63, 3.8) is 0 Å². The number of nitrogens with one attached hydrogen (secondary N) is 1. The van der Waals surface area contributed by atoms with Gasteiger partial charge in [-0.05, 0) is 24.7 Å². The molecule has 7 heteroatoms. The van der Waals surface area contributed by atoms with Crippen LogP contribution in [0.4, 0.5) is 11.8 Å². The van der Waals surface area contributed by atoms with Crippen molar-refractivity contribution in [2.24, 2.45) is 0 Å². The van der Waals surface area contributed by atoms with Crippen LogP contribution in [0.15, 0.2) is 30.7 Å². The van der Waals surface area contributed by atoms with Gasteiger partial charge in [0.25, 0.3) is 0 Å². The Morgan fingerprint density at radius 3 is 2.67 bits per heavy atom. The standard InChI is InChI=1S/C14H19N7/c1-20-6-8-21(9-7-20)13-11-17-19-14(18-13)16-10-12-2-4-15-5-3-12/h2-5,11H,6-10H2,1H3,(H,16,18,19). The second-order valence-corrected chi connectivity index (χ2v) is 5.14. The molecule has 0 unspecified atom stereocenters. The van der Waals surface area contributed by atoms with E-state index in [2.05, 4.69) is 42.3 Å². The summed E-state index contributed by atoms with van der Waals surface area (Å²) in [6.07, 6.45) is 5.27. The fourth-order valence-electron chi connectivity index (χ4n) is 2.24. The molecule has 1 N–H and O–H groups in total. The third kappa shape index (κ3) is 3.63. The van der Waals surface area contributed by atoms with Crippen LogP contribution in [0.2, 0.25) is 0 Å². The number of piperazine rings is 1. The Morgan fingerprint density at radius 1 is 1.14 bits per heavy atom. The maximum absolute atomic E-state index is 4.54. The van der Waals surface area contributed by atoms with Gasteiger partial charge in [0.1, 0.15) is 0 Å². The molecule has 0 spiro atoms. The summed E-state index contributed by atoms with van der Waals surface area (Å²) in [5.41, 5.74) is 1.14. The third-order valence-corrected chi connectivity index (χ3v) is 3.57. The maximum atomic E-state index is 4.54. The van der Waals surface area contributed by atoms with Crippen molar-refractivity contribution in [2.75, 3.05) is 43.4 Å². The minimum atomic E-state index is 0.559. The van der Waals surface area contributed by atoms with Gasteiger partial charge in [-0.3, -0.25) is 4.98 Å². The Labute approximate surface area is 124 Å². The molecule has 3 heterocycles. The van der Waals surface area contributed by atoms with Gasteiger partial charge in [0.05, 0.1) is 6.20 Å². The molecular formula is C14H19N7. The van der Waals surface area contributed by atoms with Gasteiger partial charge in [0.2, 0.25) is 5.95 Å². The minimum Gasteiger partial charge on any atom is -0.353 e. The van der Waals surface area contributed by atoms with Gasteiger partial charge < -0.3 is 15.1 Å². The molecule has 21 heavy (non-hydrogen) atoms. The molecule has 0 bridgehead atoms. The van der Waals surface area contributed by atoms with Crippen LogP contribution in [0.5, 0.6) is 0 Å². The largest absolute Gasteiger partial charge is 0.353 e. The predicted molar refractivity (Wildman–Crippen MR) is 81.1 cm³/mol. The third-order valence-electron chi connectivity index (χ3n) is 3.57. The Balaban J connectivity index is 1.63. The lowest BCUT2D eigenvalue weighted by Crippen LogP contribution is -2.44. The van der Waals surface area contributed by atoms with Crippen molar-refractivity contribution in [1.29, 1.82) is 0 Å². The van der Waals surface area contributed by atoms with E-state index in [1.807, 2.05) is 12.1 Å². The molecule has 1 saturated heterocycles. The molecule has 0 aliphatic carbocycles. The molecule has 0 saturated carbocycles. The lowest BCUT2D eigenvalue weighted by molar-refractivity contribution is 0.312. The molecule has 7 nitrogen and oxygen atoms in total. The first kappa shape index (κ1) is 13.7. The van der Waals surface area contributed by atoms with Crippen LogP contribution >= 0.6 is 0 Å². The zero-order valence-electron chi connectivity index (χ0n) is 12.1. The number of rotatable bonds is 4. The van der Waals surface area contributed by atoms with E-state index in [0.717, 1.165) is 37.6 Å². The number of nitrogens with zero attached hydrogens (tertiary/aromatic N) is 6. The van der Waals surface area contributed by atoms with Crippen LogP contribution in [-0.4, -0.2) is 58.3 Å². The summed E-state index contributed by atoms with van der Waals surface area (Å²) in [7, 11) is 2.14. The molecule has 3 rings (SSSR count). The summed E-state index contributed by atoms with van der Waals surface area (Å²) in [6, 6.07) is 3.93. The number of hydrogen-bond acceptors (Lipinski definition) is 7. The Bertz CT molecular complexity index is 567. The first-order valence-electron chi connectivity index (χ1n) is 7.07. The number of pyridine rings is 1. The molecule has 1 aliphatic heterocycles. The normalized spacial score (nSPS) is 16.0. The number of hydrogen-bond donors (Lipinski definition) is 1. The first-order valence-corrected chi connectivity index (χ1v) is 7.07. The summed E-state index contributed by atoms with van der Waals surface area (Å²) in [6.45, 7) is 4.70. The van der Waals surface area contributed by atoms with Gasteiger partial charge in [0, 0.05) is 45.1 Å². The second-order valence-electron chi connectivity index (χ2n) is 5.14. The van der Waals surface area contributed by atoms with Gasteiger partial charge in [-0.2, -0.15) is 10.1 Å². The SMILES string of the molecule is CN1CCN(c2cnnc(NCc3ccncc3)n2)CC1. The maximum Gasteiger partial charge on any atom is 0.244 e. The summed E-state index contributed by atoms with van der Waals surface area (Å²) in [5, 5.41) is 11.3. The highest BCUT2D eigenvalue weighted by atomic mass is 15.3. The average molecular weight is 285 g/mol. The minimum absolute atomic E-state index is 0.559. The van der Waals surface area contributed by atoms with Crippen LogP contribution in [0.25, 0.3) is 0 Å². The summed E-state index contributed by atoms with van der Waals surface area (Å²) < 4.78 is 0. The molecule has 2 aromatic heterocycles. The van der Waals surface area contributed by atoms with Gasteiger partial charge in [-0.25, -0.2) is 0 Å². The van der Waals surface area contributed by atoms with Crippen molar-refractivity contribution in [2.45, 2.75) is 6.54 Å². The van der Waals surface area contributed by atoms with E-state index in [1.165, 1.54) is 0 Å². The van der Waals surface area contributed by atoms with Gasteiger partial charge >= 0.3 is 0 Å². The van der Waals surface area contributed by atoms with E-state index < -0.39 is 0 Å². The molecule has 0 radical (unpaired) electrons. The lowest BCUT2D eigenvalue weighted by Gasteiger charge is -2.32. The second kappa shape index (κ2) is 6.45. The van der Waals surface area contributed by atoms with E-state index in [4.69, 9.17) is 0 Å². The van der Waals surface area contributed by atoms with Crippen molar-refractivity contribution < 1.29 is 0 Å². The monoisotopic (exact) mass is 285 g/mol. The van der Waals surface area contributed by atoms with Crippen molar-refractivity contribution >= 4 is 11.8 Å². The highest BCUT2D eigenvalue weighted by molar-refractivity contribution is 5.41. The summed E-state index contributed by atoms with van der Waals surface area (Å²) in [4.78, 5) is 13.1. The van der Waals surface area contributed by atoms with Gasteiger partial charge in [0.15, 0.2) is 5.82 Å². The van der Waals surface area contributed by atoms with Gasteiger partial charge in [-0.1, -0.05) is 0 Å². The average Bonchev–Trinajstić information content (AvgIpc) is 2.55. The lowest BCUT2D eigenvalue weighted by atomic mass is 10.3. The van der Waals surface area contributed by atoms with Gasteiger partial charge in [-0.15, -0.1) is 5.10 Å². The van der Waals surface area contributed by atoms with Crippen LogP contribution < -0.4 is 10.2 Å². The summed E-state index contributed by atoms with van der Waals surface area (Å²) >= 11 is 0. The van der Waals surface area contributed by atoms with Crippen molar-refractivity contribution in [1.82, 2.24) is 25.1 Å². The van der Waals surface area contributed by atoms with Crippen LogP contribution in [0.3, 0.4) is 0 Å². The smallest absolute Gasteiger partial charge is 0.244 e. The molecule has 1 fully saturated rings. The quantitative estimate of drug-likeness (QED) is 0.883. The fraction of sp³-hybridized carbons (Fsp3) is 0.429. The van der Waals surface area contributed by atoms with E-state index in [-0.39, 0.29) is 0 Å². The van der Waals surface area contributed by atoms with Crippen LogP contribution in [-0.2, 0) is 6.54 Å². The van der Waals surface area contributed by atoms with E-state index in [9.17, 15) is 0 Å². The molecule has 0 amide bonds. The summed E-state index contributed by atoms with van der Waals surface area (Å²) in [5.74, 6) is 1.44. The zero-order valence-corrected chi connectivity index (χ0v) is 12.1. The Morgan fingerprint density at radius 2 is 1.90 bits per heavy atom. The predicted octanol–water partition coefficient (Wildman–Crippen LogP) is 0.630. The fourth-order valence-corrected chi connectivity index (χ4v) is 2.24. The van der Waals surface area contributed by atoms with Crippen molar-refractivity contribution in [3.8, 4) is 0 Å². The zero-order chi connectivity index (χ0) is 14.5. The highest BCUT2D eigenvalue weighted by Gasteiger charge is 2.16. The van der Waals surface area contributed by atoms with Crippen molar-refractivity contribution in [3.05, 3.63) is 36.3 Å². The van der Waals surface area contributed by atoms with E-state index >= 15 is 0 Å². The van der Waals surface area contributed by atoms with Crippen LogP contribution in [0, 0.1) is 0 Å². The molecule has 2 aromatic rings. The number of likely N-dealkylation sites (N-methyl/N-ethyl adjacent to an activating group) is 1. The Hall–Kier alpha value is -2.28. The highest BCUT2D eigenvalue weighted by Crippen LogP contribution is 2.13. The molecular weight excluding hydrogens is 266 g/mol. The van der Waals surface area contributed by atoms with E-state index in [1.54, 1.807) is 18.6 Å².